The predicted octanol–water partition coefficient (Wildman–Crippen LogP) is 6.00. The highest BCUT2D eigenvalue weighted by Crippen LogP contribution is 2.47. The van der Waals surface area contributed by atoms with E-state index in [2.05, 4.69) is 10.2 Å². The van der Waals surface area contributed by atoms with Gasteiger partial charge in [-0.1, -0.05) is 54.8 Å². The van der Waals surface area contributed by atoms with Crippen molar-refractivity contribution in [2.75, 3.05) is 0 Å². The first-order chi connectivity index (χ1) is 15.6. The van der Waals surface area contributed by atoms with Gasteiger partial charge in [0.1, 0.15) is 5.69 Å². The van der Waals surface area contributed by atoms with Gasteiger partial charge < -0.3 is 14.7 Å². The Bertz CT molecular complexity index is 1290. The van der Waals surface area contributed by atoms with Crippen LogP contribution in [0, 0.1) is 4.91 Å². The molecule has 32 heavy (non-hydrogen) atoms. The van der Waals surface area contributed by atoms with Gasteiger partial charge in [0.25, 0.3) is 0 Å². The Morgan fingerprint density at radius 2 is 1.81 bits per heavy atom. The fourth-order valence-electron chi connectivity index (χ4n) is 4.18. The summed E-state index contributed by atoms with van der Waals surface area (Å²) in [6, 6.07) is 12.8. The van der Waals surface area contributed by atoms with Gasteiger partial charge in [-0.05, 0) is 30.2 Å². The molecule has 0 saturated carbocycles. The van der Waals surface area contributed by atoms with E-state index in [0.29, 0.717) is 40.1 Å². The summed E-state index contributed by atoms with van der Waals surface area (Å²) in [4.78, 5) is 26.0. The van der Waals surface area contributed by atoms with Crippen molar-refractivity contribution >= 4 is 45.0 Å². The van der Waals surface area contributed by atoms with E-state index < -0.39 is 5.91 Å². The maximum absolute atomic E-state index is 11.7. The number of rotatable bonds is 9. The monoisotopic (exact) mass is 454 g/mol. The number of carbonyl (C=O) groups excluding carboxylic acids is 1. The molecule has 0 spiro atoms. The van der Waals surface area contributed by atoms with E-state index in [-0.39, 0.29) is 18.0 Å². The van der Waals surface area contributed by atoms with Crippen molar-refractivity contribution in [2.24, 2.45) is 5.18 Å². The van der Waals surface area contributed by atoms with Gasteiger partial charge >= 0.3 is 0 Å². The van der Waals surface area contributed by atoms with Gasteiger partial charge in [0.05, 0.1) is 21.8 Å². The second-order valence-electron chi connectivity index (χ2n) is 7.67. The zero-order chi connectivity index (χ0) is 22.7. The zero-order valence-corrected chi connectivity index (χ0v) is 18.0. The summed E-state index contributed by atoms with van der Waals surface area (Å²) in [5, 5.41) is 24.9. The molecule has 166 valence electrons. The van der Waals surface area contributed by atoms with Crippen LogP contribution in [0.15, 0.2) is 47.6 Å². The Labute approximate surface area is 188 Å². The standard InChI is InChI=1S/C23H23ClN4O4/c24-16-10-7-9-15-19(21-20(27-32)14-8-4-5-11-17(14)25-21)23(30)28(22(15)16)13-6-2-1-3-12-18(29)26-31/h4-5,7-11,25,30-31H,1-3,6,12-13H2,(H,26,29). The number of aromatic hydroxyl groups is 1. The fraction of sp³-hybridized carbons (Fsp3) is 0.261. The Morgan fingerprint density at radius 1 is 1.06 bits per heavy atom. The van der Waals surface area contributed by atoms with Crippen LogP contribution in [0.1, 0.15) is 32.1 Å². The summed E-state index contributed by atoms with van der Waals surface area (Å²) < 4.78 is 1.76. The number of halogens is 1. The number of aryl methyl sites for hydroxylation is 1. The third-order valence-electron chi connectivity index (χ3n) is 5.69. The molecule has 0 fully saturated rings. The summed E-state index contributed by atoms with van der Waals surface area (Å²) in [5.41, 5.74) is 4.28. The van der Waals surface area contributed by atoms with Gasteiger partial charge in [0.2, 0.25) is 11.8 Å². The number of hydrogen-bond donors (Lipinski definition) is 4. The number of aromatic nitrogens is 2. The van der Waals surface area contributed by atoms with E-state index in [0.717, 1.165) is 30.2 Å². The number of benzene rings is 2. The molecule has 0 saturated heterocycles. The van der Waals surface area contributed by atoms with E-state index in [1.807, 2.05) is 30.3 Å². The number of nitroso groups, excluding NO2 is 1. The van der Waals surface area contributed by atoms with Gasteiger partial charge in [-0.25, -0.2) is 5.48 Å². The normalized spacial score (nSPS) is 11.3. The number of fused-ring (bicyclic) bond motifs is 2. The van der Waals surface area contributed by atoms with E-state index in [9.17, 15) is 14.8 Å². The number of nitrogens with one attached hydrogen (secondary N) is 2. The number of amides is 1. The summed E-state index contributed by atoms with van der Waals surface area (Å²) in [5.74, 6) is -0.377. The third-order valence-corrected chi connectivity index (χ3v) is 5.99. The Balaban J connectivity index is 1.69. The van der Waals surface area contributed by atoms with Crippen LogP contribution < -0.4 is 5.48 Å². The molecule has 1 amide bonds. The van der Waals surface area contributed by atoms with Crippen LogP contribution in [0.4, 0.5) is 5.69 Å². The lowest BCUT2D eigenvalue weighted by Gasteiger charge is -2.08. The van der Waals surface area contributed by atoms with Crippen molar-refractivity contribution in [1.29, 1.82) is 0 Å². The van der Waals surface area contributed by atoms with Crippen LogP contribution in [0.2, 0.25) is 5.02 Å². The van der Waals surface area contributed by atoms with Crippen LogP contribution >= 0.6 is 11.6 Å². The highest BCUT2D eigenvalue weighted by Gasteiger charge is 2.24. The molecule has 9 heteroatoms. The molecule has 0 atom stereocenters. The molecule has 4 aromatic rings. The third kappa shape index (κ3) is 3.94. The van der Waals surface area contributed by atoms with Crippen LogP contribution in [-0.4, -0.2) is 25.8 Å². The average molecular weight is 455 g/mol. The largest absolute Gasteiger partial charge is 0.494 e. The maximum atomic E-state index is 11.7. The minimum absolute atomic E-state index is 0.0178. The van der Waals surface area contributed by atoms with Crippen molar-refractivity contribution in [1.82, 2.24) is 15.0 Å². The number of aromatic amines is 1. The maximum Gasteiger partial charge on any atom is 0.243 e. The number of carbonyl (C=O) groups is 1. The van der Waals surface area contributed by atoms with Gasteiger partial charge in [0.15, 0.2) is 0 Å². The quantitative estimate of drug-likeness (QED) is 0.107. The van der Waals surface area contributed by atoms with Crippen molar-refractivity contribution < 1.29 is 15.1 Å². The van der Waals surface area contributed by atoms with E-state index in [1.165, 1.54) is 0 Å². The molecular formula is C23H23ClN4O4. The molecule has 0 aliphatic heterocycles. The summed E-state index contributed by atoms with van der Waals surface area (Å²) >= 11 is 6.51. The van der Waals surface area contributed by atoms with E-state index >= 15 is 0 Å². The molecule has 2 aromatic carbocycles. The first-order valence-electron chi connectivity index (χ1n) is 10.4. The molecule has 0 bridgehead atoms. The van der Waals surface area contributed by atoms with Crippen molar-refractivity contribution in [3.8, 4) is 17.1 Å². The number of hydroxylamine groups is 1. The summed E-state index contributed by atoms with van der Waals surface area (Å²) in [6.45, 7) is 0.516. The van der Waals surface area contributed by atoms with Crippen molar-refractivity contribution in [3.05, 3.63) is 52.4 Å². The highest BCUT2D eigenvalue weighted by molar-refractivity contribution is 6.35. The molecule has 4 N–H and O–H groups in total. The fourth-order valence-corrected chi connectivity index (χ4v) is 4.46. The molecule has 0 aliphatic rings. The zero-order valence-electron chi connectivity index (χ0n) is 17.3. The minimum atomic E-state index is -0.395. The van der Waals surface area contributed by atoms with Gasteiger partial charge in [-0.3, -0.25) is 10.0 Å². The molecule has 4 rings (SSSR count). The lowest BCUT2D eigenvalue weighted by atomic mass is 10.1. The number of para-hydroxylation sites is 2. The lowest BCUT2D eigenvalue weighted by Crippen LogP contribution is -2.17. The second kappa shape index (κ2) is 9.42. The van der Waals surface area contributed by atoms with Crippen molar-refractivity contribution in [2.45, 2.75) is 38.6 Å². The van der Waals surface area contributed by atoms with Gasteiger partial charge in [-0.15, -0.1) is 4.91 Å². The van der Waals surface area contributed by atoms with Crippen molar-refractivity contribution in [3.63, 3.8) is 0 Å². The molecule has 0 unspecified atom stereocenters. The Hall–Kier alpha value is -3.36. The first kappa shape index (κ1) is 21.9. The van der Waals surface area contributed by atoms with Crippen LogP contribution in [-0.2, 0) is 11.3 Å². The minimum Gasteiger partial charge on any atom is -0.494 e. The summed E-state index contributed by atoms with van der Waals surface area (Å²) in [6.07, 6.45) is 3.35. The highest BCUT2D eigenvalue weighted by atomic mass is 35.5. The first-order valence-corrected chi connectivity index (χ1v) is 10.8. The molecule has 0 aliphatic carbocycles. The predicted molar refractivity (Wildman–Crippen MR) is 124 cm³/mol. The number of hydrogen-bond acceptors (Lipinski definition) is 5. The second-order valence-corrected chi connectivity index (χ2v) is 8.08. The van der Waals surface area contributed by atoms with Crippen LogP contribution in [0.5, 0.6) is 5.88 Å². The van der Waals surface area contributed by atoms with Crippen LogP contribution in [0.25, 0.3) is 33.1 Å². The van der Waals surface area contributed by atoms with Crippen LogP contribution in [0.3, 0.4) is 0 Å². The average Bonchev–Trinajstić information content (AvgIpc) is 3.30. The topological polar surface area (TPSA) is 120 Å². The number of nitrogens with zero attached hydrogens (tertiary/aromatic N) is 2. The van der Waals surface area contributed by atoms with Gasteiger partial charge in [0, 0.05) is 29.3 Å². The smallest absolute Gasteiger partial charge is 0.243 e. The molecule has 2 heterocycles. The summed E-state index contributed by atoms with van der Waals surface area (Å²) in [7, 11) is 0. The molecule has 0 radical (unpaired) electrons. The van der Waals surface area contributed by atoms with Gasteiger partial charge in [-0.2, -0.15) is 0 Å². The molecule has 8 nitrogen and oxygen atoms in total. The number of unbranched alkanes of at least 4 members (excludes halogenated alkanes) is 3. The van der Waals surface area contributed by atoms with E-state index in [4.69, 9.17) is 16.8 Å². The molecule has 2 aromatic heterocycles. The Kier molecular flexibility index (Phi) is 6.43. The number of H-pyrrole nitrogens is 1. The molecular weight excluding hydrogens is 432 g/mol. The Morgan fingerprint density at radius 3 is 2.59 bits per heavy atom. The van der Waals surface area contributed by atoms with E-state index in [1.54, 1.807) is 22.2 Å². The lowest BCUT2D eigenvalue weighted by molar-refractivity contribution is -0.129. The SMILES string of the molecule is O=Nc1c(-c2c(O)n(CCCCCCC(=O)NO)c3c(Cl)cccc23)[nH]c2ccccc12.